The summed E-state index contributed by atoms with van der Waals surface area (Å²) in [5.74, 6) is 1.43. The van der Waals surface area contributed by atoms with E-state index in [0.29, 0.717) is 16.7 Å². The molecule has 0 aliphatic heterocycles. The molecule has 1 rings (SSSR count). The number of hydrogen-bond acceptors (Lipinski definition) is 3. The van der Waals surface area contributed by atoms with Gasteiger partial charge in [0.1, 0.15) is 5.82 Å². The van der Waals surface area contributed by atoms with Crippen LogP contribution in [0.1, 0.15) is 32.5 Å². The molecule has 0 aliphatic rings. The van der Waals surface area contributed by atoms with Crippen LogP contribution in [-0.4, -0.2) is 39.8 Å². The second-order valence-electron chi connectivity index (χ2n) is 4.46. The summed E-state index contributed by atoms with van der Waals surface area (Å²) >= 11 is 5.22. The molecule has 1 heterocycles. The maximum absolute atomic E-state index is 5.22. The molecule has 86 valence electrons. The van der Waals surface area contributed by atoms with E-state index in [4.69, 9.17) is 12.2 Å². The largest absolute Gasteiger partial charge is 0.305 e. The van der Waals surface area contributed by atoms with E-state index in [-0.39, 0.29) is 0 Å². The van der Waals surface area contributed by atoms with Gasteiger partial charge in [-0.3, -0.25) is 5.10 Å². The van der Waals surface area contributed by atoms with Crippen molar-refractivity contribution >= 4 is 12.2 Å². The number of H-pyrrole nitrogens is 1. The summed E-state index contributed by atoms with van der Waals surface area (Å²) < 4.78 is 2.80. The second-order valence-corrected chi connectivity index (χ2v) is 4.85. The molecule has 1 N–H and O–H groups in total. The molecule has 0 spiro atoms. The minimum absolute atomic E-state index is 0.396. The molecule has 1 aromatic rings. The monoisotopic (exact) mass is 228 g/mol. The van der Waals surface area contributed by atoms with E-state index in [1.807, 2.05) is 0 Å². The zero-order chi connectivity index (χ0) is 11.6. The van der Waals surface area contributed by atoms with Gasteiger partial charge in [-0.2, -0.15) is 5.10 Å². The van der Waals surface area contributed by atoms with Crippen LogP contribution in [0.2, 0.25) is 0 Å². The molecular formula is C10H20N4S. The minimum atomic E-state index is 0.396. The van der Waals surface area contributed by atoms with Gasteiger partial charge in [-0.15, -0.1) is 0 Å². The first-order chi connectivity index (χ1) is 6.93. The highest BCUT2D eigenvalue weighted by atomic mass is 32.1. The van der Waals surface area contributed by atoms with Crippen LogP contribution in [0, 0.1) is 4.77 Å². The highest BCUT2D eigenvalue weighted by Crippen LogP contribution is 2.12. The third-order valence-corrected chi connectivity index (χ3v) is 2.94. The Morgan fingerprint density at radius 1 is 1.40 bits per heavy atom. The Morgan fingerprint density at radius 3 is 2.47 bits per heavy atom. The van der Waals surface area contributed by atoms with E-state index < -0.39 is 0 Å². The van der Waals surface area contributed by atoms with Crippen LogP contribution >= 0.6 is 12.2 Å². The normalized spacial score (nSPS) is 13.8. The zero-order valence-electron chi connectivity index (χ0n) is 10.1. The molecular weight excluding hydrogens is 208 g/mol. The lowest BCUT2D eigenvalue weighted by molar-refractivity contribution is 0.280. The lowest BCUT2D eigenvalue weighted by Gasteiger charge is -2.21. The van der Waals surface area contributed by atoms with Crippen molar-refractivity contribution in [1.82, 2.24) is 19.7 Å². The molecule has 0 saturated heterocycles. The minimum Gasteiger partial charge on any atom is -0.305 e. The van der Waals surface area contributed by atoms with Crippen molar-refractivity contribution < 1.29 is 0 Å². The lowest BCUT2D eigenvalue weighted by Crippen LogP contribution is -2.30. The van der Waals surface area contributed by atoms with E-state index in [0.717, 1.165) is 12.4 Å². The SMILES string of the molecule is CC(C)c1n[nH]c(=S)n1CC(C)N(C)C. The molecule has 1 aromatic heterocycles. The van der Waals surface area contributed by atoms with Crippen molar-refractivity contribution in [2.24, 2.45) is 0 Å². The first-order valence-electron chi connectivity index (χ1n) is 5.25. The zero-order valence-corrected chi connectivity index (χ0v) is 10.9. The van der Waals surface area contributed by atoms with Crippen LogP contribution in [0.25, 0.3) is 0 Å². The Morgan fingerprint density at radius 2 is 2.00 bits per heavy atom. The van der Waals surface area contributed by atoms with Crippen LogP contribution in [0.3, 0.4) is 0 Å². The summed E-state index contributed by atoms with van der Waals surface area (Å²) in [6.07, 6.45) is 0. The first-order valence-corrected chi connectivity index (χ1v) is 5.65. The molecule has 0 aliphatic carbocycles. The summed E-state index contributed by atoms with van der Waals surface area (Å²) in [4.78, 5) is 2.18. The van der Waals surface area contributed by atoms with Gasteiger partial charge >= 0.3 is 0 Å². The van der Waals surface area contributed by atoms with Gasteiger partial charge in [0.15, 0.2) is 4.77 Å². The van der Waals surface area contributed by atoms with Crippen LogP contribution in [0.5, 0.6) is 0 Å². The number of aromatic amines is 1. The average Bonchev–Trinajstić information content (AvgIpc) is 2.48. The van der Waals surface area contributed by atoms with Gasteiger partial charge in [-0.1, -0.05) is 13.8 Å². The topological polar surface area (TPSA) is 36.9 Å². The van der Waals surface area contributed by atoms with Crippen molar-refractivity contribution in [2.75, 3.05) is 14.1 Å². The molecule has 0 bridgehead atoms. The van der Waals surface area contributed by atoms with E-state index in [1.54, 1.807) is 0 Å². The molecule has 1 atom stereocenters. The molecule has 0 aromatic carbocycles. The molecule has 0 saturated carbocycles. The van der Waals surface area contributed by atoms with E-state index in [1.165, 1.54) is 0 Å². The lowest BCUT2D eigenvalue weighted by atomic mass is 10.2. The quantitative estimate of drug-likeness (QED) is 0.801. The van der Waals surface area contributed by atoms with Gasteiger partial charge in [0.2, 0.25) is 0 Å². The van der Waals surface area contributed by atoms with Crippen molar-refractivity contribution in [3.8, 4) is 0 Å². The first kappa shape index (κ1) is 12.4. The summed E-state index contributed by atoms with van der Waals surface area (Å²) in [5.41, 5.74) is 0. The summed E-state index contributed by atoms with van der Waals surface area (Å²) in [7, 11) is 4.15. The van der Waals surface area contributed by atoms with Gasteiger partial charge in [-0.25, -0.2) is 0 Å². The maximum Gasteiger partial charge on any atom is 0.195 e. The number of aromatic nitrogens is 3. The Labute approximate surface area is 96.3 Å². The highest BCUT2D eigenvalue weighted by molar-refractivity contribution is 7.71. The van der Waals surface area contributed by atoms with Gasteiger partial charge in [-0.05, 0) is 33.2 Å². The molecule has 4 nitrogen and oxygen atoms in total. The number of nitrogens with one attached hydrogen (secondary N) is 1. The van der Waals surface area contributed by atoms with E-state index >= 15 is 0 Å². The van der Waals surface area contributed by atoms with Crippen molar-refractivity contribution in [3.63, 3.8) is 0 Å². The second kappa shape index (κ2) is 4.90. The molecule has 0 amide bonds. The Bertz CT molecular complexity index is 364. The molecule has 0 fully saturated rings. The third kappa shape index (κ3) is 2.89. The Hall–Kier alpha value is -0.680. The van der Waals surface area contributed by atoms with Crippen LogP contribution < -0.4 is 0 Å². The van der Waals surface area contributed by atoms with Gasteiger partial charge in [0.05, 0.1) is 0 Å². The molecule has 0 radical (unpaired) electrons. The highest BCUT2D eigenvalue weighted by Gasteiger charge is 2.13. The summed E-state index contributed by atoms with van der Waals surface area (Å²) in [6, 6.07) is 0.451. The van der Waals surface area contributed by atoms with Crippen LogP contribution in [0.4, 0.5) is 0 Å². The smallest absolute Gasteiger partial charge is 0.195 e. The van der Waals surface area contributed by atoms with Gasteiger partial charge < -0.3 is 9.47 Å². The van der Waals surface area contributed by atoms with E-state index in [9.17, 15) is 0 Å². The van der Waals surface area contributed by atoms with Gasteiger partial charge in [0, 0.05) is 18.5 Å². The van der Waals surface area contributed by atoms with Crippen LogP contribution in [-0.2, 0) is 6.54 Å². The van der Waals surface area contributed by atoms with Crippen molar-refractivity contribution in [1.29, 1.82) is 0 Å². The number of hydrogen-bond donors (Lipinski definition) is 1. The fourth-order valence-corrected chi connectivity index (χ4v) is 1.59. The van der Waals surface area contributed by atoms with Crippen LogP contribution in [0.15, 0.2) is 0 Å². The number of rotatable bonds is 4. The number of likely N-dealkylation sites (N-methyl/N-ethyl adjacent to an activating group) is 1. The summed E-state index contributed by atoms with van der Waals surface area (Å²) in [6.45, 7) is 7.32. The molecule has 1 unspecified atom stereocenters. The third-order valence-electron chi connectivity index (χ3n) is 2.63. The molecule has 5 heteroatoms. The van der Waals surface area contributed by atoms with Crippen molar-refractivity contribution in [2.45, 2.75) is 39.3 Å². The Kier molecular flexibility index (Phi) is 4.04. The fraction of sp³-hybridized carbons (Fsp3) is 0.800. The predicted octanol–water partition coefficient (Wildman–Crippen LogP) is 2.01. The van der Waals surface area contributed by atoms with Gasteiger partial charge in [0.25, 0.3) is 0 Å². The fourth-order valence-electron chi connectivity index (χ4n) is 1.37. The Balaban J connectivity index is 2.93. The number of nitrogens with zero attached hydrogens (tertiary/aromatic N) is 3. The van der Waals surface area contributed by atoms with E-state index in [2.05, 4.69) is 54.5 Å². The van der Waals surface area contributed by atoms with Crippen molar-refractivity contribution in [3.05, 3.63) is 10.6 Å². The summed E-state index contributed by atoms with van der Waals surface area (Å²) in [5, 5.41) is 7.12. The maximum atomic E-state index is 5.22. The average molecular weight is 228 g/mol. The standard InChI is InChI=1S/C10H20N4S/c1-7(2)9-11-12-10(15)14(9)6-8(3)13(4)5/h7-8H,6H2,1-5H3,(H,12,15). The molecule has 15 heavy (non-hydrogen) atoms. The predicted molar refractivity (Wildman–Crippen MR) is 64.6 cm³/mol.